The van der Waals surface area contributed by atoms with Crippen LogP contribution in [0.5, 0.6) is 0 Å². The zero-order valence-corrected chi connectivity index (χ0v) is 12.2. The van der Waals surface area contributed by atoms with Crippen LogP contribution in [0.25, 0.3) is 0 Å². The first-order valence-electron chi connectivity index (χ1n) is 6.69. The molecular weight excluding hydrogens is 273 g/mol. The Bertz CT molecular complexity index is 603. The van der Waals surface area contributed by atoms with E-state index in [0.29, 0.717) is 12.3 Å². The Labute approximate surface area is 122 Å². The summed E-state index contributed by atoms with van der Waals surface area (Å²) >= 11 is 0. The summed E-state index contributed by atoms with van der Waals surface area (Å²) in [5.74, 6) is 0.396. The molecule has 2 rings (SSSR count). The Morgan fingerprint density at radius 3 is 2.57 bits per heavy atom. The maximum Gasteiger partial charge on any atom is 0.315 e. The molecule has 0 aliphatic carbocycles. The van der Waals surface area contributed by atoms with Crippen molar-refractivity contribution in [3.05, 3.63) is 52.7 Å². The Kier molecular flexibility index (Phi) is 4.57. The molecule has 0 aliphatic rings. The molecule has 21 heavy (non-hydrogen) atoms. The third-order valence-corrected chi connectivity index (χ3v) is 3.32. The van der Waals surface area contributed by atoms with E-state index in [2.05, 4.69) is 15.8 Å². The predicted molar refractivity (Wildman–Crippen MR) is 76.2 cm³/mol. The zero-order valence-electron chi connectivity index (χ0n) is 12.2. The molecule has 0 saturated carbocycles. The highest BCUT2D eigenvalue weighted by atomic mass is 19.1. The first kappa shape index (κ1) is 15.0. The number of hydrogen-bond donors (Lipinski definition) is 2. The molecule has 1 heterocycles. The van der Waals surface area contributed by atoms with Crippen molar-refractivity contribution in [3.8, 4) is 0 Å². The van der Waals surface area contributed by atoms with Crippen LogP contribution in [0.1, 0.15) is 35.5 Å². The van der Waals surface area contributed by atoms with E-state index in [1.54, 1.807) is 19.1 Å². The maximum atomic E-state index is 12.9. The largest absolute Gasteiger partial charge is 0.361 e. The van der Waals surface area contributed by atoms with Gasteiger partial charge < -0.3 is 15.2 Å². The van der Waals surface area contributed by atoms with Gasteiger partial charge in [-0.25, -0.2) is 9.18 Å². The first-order valence-corrected chi connectivity index (χ1v) is 6.69. The molecule has 0 radical (unpaired) electrons. The van der Waals surface area contributed by atoms with Gasteiger partial charge in [0.25, 0.3) is 0 Å². The molecule has 0 bridgehead atoms. The Morgan fingerprint density at radius 1 is 1.33 bits per heavy atom. The summed E-state index contributed by atoms with van der Waals surface area (Å²) in [5.41, 5.74) is 2.47. The lowest BCUT2D eigenvalue weighted by Crippen LogP contribution is -2.36. The smallest absolute Gasteiger partial charge is 0.315 e. The Morgan fingerprint density at radius 2 is 2.00 bits per heavy atom. The van der Waals surface area contributed by atoms with Gasteiger partial charge in [-0.2, -0.15) is 0 Å². The van der Waals surface area contributed by atoms with Crippen LogP contribution in [0.3, 0.4) is 0 Å². The normalized spacial score (nSPS) is 12.0. The van der Waals surface area contributed by atoms with Gasteiger partial charge in [0.15, 0.2) is 0 Å². The Balaban J connectivity index is 1.88. The summed E-state index contributed by atoms with van der Waals surface area (Å²) in [6, 6.07) is 5.52. The number of nitrogens with one attached hydrogen (secondary N) is 2. The van der Waals surface area contributed by atoms with Crippen molar-refractivity contribution in [1.82, 2.24) is 15.8 Å². The fraction of sp³-hybridized carbons (Fsp3) is 0.333. The van der Waals surface area contributed by atoms with Crippen molar-refractivity contribution in [3.63, 3.8) is 0 Å². The van der Waals surface area contributed by atoms with Crippen LogP contribution in [-0.2, 0) is 6.54 Å². The van der Waals surface area contributed by atoms with Gasteiger partial charge in [0.05, 0.1) is 11.7 Å². The van der Waals surface area contributed by atoms with E-state index < -0.39 is 0 Å². The molecule has 112 valence electrons. The molecule has 1 aromatic heterocycles. The molecule has 0 spiro atoms. The van der Waals surface area contributed by atoms with E-state index in [-0.39, 0.29) is 17.9 Å². The third kappa shape index (κ3) is 3.81. The summed E-state index contributed by atoms with van der Waals surface area (Å²) in [6.45, 7) is 5.81. The average Bonchev–Trinajstić information content (AvgIpc) is 2.76. The van der Waals surface area contributed by atoms with Crippen molar-refractivity contribution in [1.29, 1.82) is 0 Å². The first-order chi connectivity index (χ1) is 9.97. The fourth-order valence-corrected chi connectivity index (χ4v) is 2.01. The van der Waals surface area contributed by atoms with Crippen molar-refractivity contribution < 1.29 is 13.7 Å². The lowest BCUT2D eigenvalue weighted by Gasteiger charge is -2.15. The van der Waals surface area contributed by atoms with Crippen LogP contribution in [0.2, 0.25) is 0 Å². The molecule has 2 amide bonds. The van der Waals surface area contributed by atoms with Crippen molar-refractivity contribution >= 4 is 6.03 Å². The third-order valence-electron chi connectivity index (χ3n) is 3.32. The number of rotatable bonds is 4. The average molecular weight is 291 g/mol. The van der Waals surface area contributed by atoms with E-state index in [9.17, 15) is 9.18 Å². The minimum Gasteiger partial charge on any atom is -0.361 e. The molecular formula is C15H18FN3O2. The maximum absolute atomic E-state index is 12.9. The second kappa shape index (κ2) is 6.39. The second-order valence-corrected chi connectivity index (χ2v) is 4.90. The fourth-order valence-electron chi connectivity index (χ4n) is 2.01. The van der Waals surface area contributed by atoms with Gasteiger partial charge >= 0.3 is 6.03 Å². The number of carbonyl (C=O) groups is 1. The van der Waals surface area contributed by atoms with Crippen LogP contribution in [0, 0.1) is 19.7 Å². The van der Waals surface area contributed by atoms with Crippen molar-refractivity contribution in [2.24, 2.45) is 0 Å². The van der Waals surface area contributed by atoms with Gasteiger partial charge in [0, 0.05) is 12.1 Å². The molecule has 1 unspecified atom stereocenters. The number of nitrogens with zero attached hydrogens (tertiary/aromatic N) is 1. The molecule has 6 heteroatoms. The highest BCUT2D eigenvalue weighted by molar-refractivity contribution is 5.74. The monoisotopic (exact) mass is 291 g/mol. The van der Waals surface area contributed by atoms with Gasteiger partial charge in [-0.15, -0.1) is 0 Å². The van der Waals surface area contributed by atoms with Gasteiger partial charge in [0.2, 0.25) is 0 Å². The van der Waals surface area contributed by atoms with Crippen molar-refractivity contribution in [2.75, 3.05) is 0 Å². The molecule has 0 saturated heterocycles. The number of carbonyl (C=O) groups excluding carboxylic acids is 1. The van der Waals surface area contributed by atoms with Crippen LogP contribution in [-0.4, -0.2) is 11.2 Å². The van der Waals surface area contributed by atoms with E-state index in [4.69, 9.17) is 4.52 Å². The van der Waals surface area contributed by atoms with Crippen LogP contribution < -0.4 is 10.6 Å². The zero-order chi connectivity index (χ0) is 15.4. The second-order valence-electron chi connectivity index (χ2n) is 4.90. The number of amides is 2. The molecule has 2 N–H and O–H groups in total. The summed E-state index contributed by atoms with van der Waals surface area (Å²) in [7, 11) is 0. The number of aryl methyl sites for hydroxylation is 2. The molecule has 1 atom stereocenters. The molecule has 5 nitrogen and oxygen atoms in total. The molecule has 2 aromatic rings. The van der Waals surface area contributed by atoms with Gasteiger partial charge in [-0.1, -0.05) is 17.3 Å². The number of hydrogen-bond acceptors (Lipinski definition) is 3. The number of urea groups is 1. The van der Waals surface area contributed by atoms with E-state index >= 15 is 0 Å². The van der Waals surface area contributed by atoms with E-state index in [1.165, 1.54) is 12.1 Å². The number of aromatic nitrogens is 1. The topological polar surface area (TPSA) is 67.2 Å². The van der Waals surface area contributed by atoms with Crippen molar-refractivity contribution in [2.45, 2.75) is 33.4 Å². The summed E-state index contributed by atoms with van der Waals surface area (Å²) in [6.07, 6.45) is 0. The van der Waals surface area contributed by atoms with Crippen LogP contribution >= 0.6 is 0 Å². The van der Waals surface area contributed by atoms with Gasteiger partial charge in [-0.3, -0.25) is 0 Å². The van der Waals surface area contributed by atoms with Gasteiger partial charge in [0.1, 0.15) is 11.6 Å². The molecule has 1 aromatic carbocycles. The highest BCUT2D eigenvalue weighted by Crippen LogP contribution is 2.13. The quantitative estimate of drug-likeness (QED) is 0.910. The summed E-state index contributed by atoms with van der Waals surface area (Å²) in [4.78, 5) is 11.9. The predicted octanol–water partition coefficient (Wildman–Crippen LogP) is 2.99. The minimum absolute atomic E-state index is 0.213. The lowest BCUT2D eigenvalue weighted by atomic mass is 10.1. The Hall–Kier alpha value is -2.37. The van der Waals surface area contributed by atoms with Crippen LogP contribution in [0.15, 0.2) is 28.8 Å². The van der Waals surface area contributed by atoms with Crippen LogP contribution in [0.4, 0.5) is 9.18 Å². The standard InChI is InChI=1S/C15H18FN3O2/c1-9(12-4-6-13(16)7-5-12)18-15(20)17-8-14-10(2)19-21-11(14)3/h4-7,9H,8H2,1-3H3,(H2,17,18,20). The lowest BCUT2D eigenvalue weighted by molar-refractivity contribution is 0.237. The van der Waals surface area contributed by atoms with E-state index in [1.807, 2.05) is 13.8 Å². The number of halogens is 1. The highest BCUT2D eigenvalue weighted by Gasteiger charge is 2.12. The molecule has 0 fully saturated rings. The summed E-state index contributed by atoms with van der Waals surface area (Å²) < 4.78 is 17.9. The minimum atomic E-state index is -0.299. The van der Waals surface area contributed by atoms with Gasteiger partial charge in [-0.05, 0) is 38.5 Å². The number of benzene rings is 1. The molecule has 0 aliphatic heterocycles. The SMILES string of the molecule is Cc1noc(C)c1CNC(=O)NC(C)c1ccc(F)cc1. The van der Waals surface area contributed by atoms with E-state index in [0.717, 1.165) is 16.8 Å². The summed E-state index contributed by atoms with van der Waals surface area (Å²) in [5, 5.41) is 9.38.